The SMILES string of the molecule is CC/C=C\C/C=C\C/C=C\C/C=C\C/C=C\C/C=C\C/C=C\C/C=C\C/C=C\CCCC(=O)O. The summed E-state index contributed by atoms with van der Waals surface area (Å²) in [5.41, 5.74) is 0. The number of hydrogen-bond donors (Lipinski definition) is 1. The molecule has 2 nitrogen and oxygen atoms in total. The zero-order valence-corrected chi connectivity index (χ0v) is 21.2. The molecule has 0 fully saturated rings. The van der Waals surface area contributed by atoms with Gasteiger partial charge in [-0.05, 0) is 70.6 Å². The van der Waals surface area contributed by atoms with Gasteiger partial charge in [-0.2, -0.15) is 0 Å². The predicted octanol–water partition coefficient (Wildman–Crippen LogP) is 9.78. The maximum Gasteiger partial charge on any atom is 0.303 e. The van der Waals surface area contributed by atoms with E-state index in [0.29, 0.717) is 6.42 Å². The number of unbranched alkanes of at least 4 members (excludes halogenated alkanes) is 1. The van der Waals surface area contributed by atoms with E-state index in [1.54, 1.807) is 0 Å². The van der Waals surface area contributed by atoms with Crippen LogP contribution in [0.2, 0.25) is 0 Å². The highest BCUT2D eigenvalue weighted by Crippen LogP contribution is 2.00. The zero-order chi connectivity index (χ0) is 24.8. The molecule has 0 saturated carbocycles. The monoisotopic (exact) mass is 462 g/mol. The topological polar surface area (TPSA) is 37.3 Å². The summed E-state index contributed by atoms with van der Waals surface area (Å²) in [6.45, 7) is 2.16. The Kier molecular flexibility index (Phi) is 25.8. The van der Waals surface area contributed by atoms with Crippen molar-refractivity contribution in [3.63, 3.8) is 0 Å². The van der Waals surface area contributed by atoms with Gasteiger partial charge in [0.15, 0.2) is 0 Å². The summed E-state index contributed by atoms with van der Waals surface area (Å²) in [7, 11) is 0. The van der Waals surface area contributed by atoms with E-state index in [1.165, 1.54) is 0 Å². The van der Waals surface area contributed by atoms with Crippen LogP contribution in [-0.4, -0.2) is 11.1 Å². The van der Waals surface area contributed by atoms with Gasteiger partial charge in [-0.3, -0.25) is 4.79 Å². The van der Waals surface area contributed by atoms with E-state index in [-0.39, 0.29) is 6.42 Å². The Morgan fingerprint density at radius 2 is 0.735 bits per heavy atom. The molecule has 0 aliphatic heterocycles. The predicted molar refractivity (Wildman–Crippen MR) is 151 cm³/mol. The summed E-state index contributed by atoms with van der Waals surface area (Å²) >= 11 is 0. The van der Waals surface area contributed by atoms with Crippen molar-refractivity contribution in [3.8, 4) is 0 Å². The van der Waals surface area contributed by atoms with Crippen LogP contribution in [0.4, 0.5) is 0 Å². The van der Waals surface area contributed by atoms with Gasteiger partial charge in [0, 0.05) is 6.42 Å². The third-order valence-corrected chi connectivity index (χ3v) is 4.67. The minimum atomic E-state index is -0.718. The fraction of sp³-hybridized carbons (Fsp3) is 0.406. The van der Waals surface area contributed by atoms with Crippen LogP contribution in [0.15, 0.2) is 109 Å². The van der Waals surface area contributed by atoms with Crippen molar-refractivity contribution in [1.82, 2.24) is 0 Å². The first-order valence-corrected chi connectivity index (χ1v) is 12.8. The molecule has 0 aliphatic carbocycles. The first kappa shape index (κ1) is 31.1. The molecule has 0 atom stereocenters. The normalized spacial score (nSPS) is 13.4. The molecule has 0 spiro atoms. The van der Waals surface area contributed by atoms with Gasteiger partial charge in [-0.1, -0.05) is 116 Å². The standard InChI is InChI=1S/C32H46O2/c1-2-3-4-5-6-7-8-9-10-11-12-13-14-15-16-17-18-19-20-21-22-23-24-25-26-27-28-29-30-31-32(33)34/h3-4,6-7,9-10,12-13,15-16,18-19,21-22,24-25,27-28H,2,5,8,11,14,17,20,23,26,29-31H2,1H3,(H,33,34)/b4-3-,7-6-,10-9-,13-12-,16-15-,19-18-,22-21-,25-24-,28-27-. The molecule has 34 heavy (non-hydrogen) atoms. The quantitative estimate of drug-likeness (QED) is 0.136. The number of allylic oxidation sites excluding steroid dienone is 18. The summed E-state index contributed by atoms with van der Waals surface area (Å²) in [5, 5.41) is 8.56. The van der Waals surface area contributed by atoms with Crippen LogP contribution in [-0.2, 0) is 4.79 Å². The molecule has 0 saturated heterocycles. The van der Waals surface area contributed by atoms with Gasteiger partial charge >= 0.3 is 5.97 Å². The molecule has 0 rings (SSSR count). The highest BCUT2D eigenvalue weighted by atomic mass is 16.4. The smallest absolute Gasteiger partial charge is 0.303 e. The van der Waals surface area contributed by atoms with Crippen LogP contribution >= 0.6 is 0 Å². The number of carboxylic acids is 1. The van der Waals surface area contributed by atoms with Gasteiger partial charge < -0.3 is 5.11 Å². The summed E-state index contributed by atoms with van der Waals surface area (Å²) in [6.07, 6.45) is 50.3. The number of aliphatic carboxylic acids is 1. The first-order chi connectivity index (χ1) is 16.8. The van der Waals surface area contributed by atoms with E-state index in [2.05, 4.69) is 116 Å². The lowest BCUT2D eigenvalue weighted by molar-refractivity contribution is -0.137. The molecule has 2 heteroatoms. The van der Waals surface area contributed by atoms with Crippen LogP contribution in [0.3, 0.4) is 0 Å². The second-order valence-corrected chi connectivity index (χ2v) is 7.82. The number of hydrogen-bond acceptors (Lipinski definition) is 1. The maximum atomic E-state index is 10.4. The number of carbonyl (C=O) groups is 1. The molecule has 0 radical (unpaired) electrons. The highest BCUT2D eigenvalue weighted by molar-refractivity contribution is 5.66. The van der Waals surface area contributed by atoms with Crippen LogP contribution < -0.4 is 0 Å². The van der Waals surface area contributed by atoms with E-state index >= 15 is 0 Å². The second kappa shape index (κ2) is 28.2. The van der Waals surface area contributed by atoms with E-state index in [9.17, 15) is 4.79 Å². The fourth-order valence-corrected chi connectivity index (χ4v) is 2.82. The molecule has 0 amide bonds. The molecule has 186 valence electrons. The Balaban J connectivity index is 3.57. The molecule has 0 aromatic rings. The molecule has 0 aromatic heterocycles. The molecule has 0 aromatic carbocycles. The van der Waals surface area contributed by atoms with E-state index in [1.807, 2.05) is 0 Å². The van der Waals surface area contributed by atoms with Crippen molar-refractivity contribution in [2.24, 2.45) is 0 Å². The van der Waals surface area contributed by atoms with Crippen molar-refractivity contribution in [3.05, 3.63) is 109 Å². The van der Waals surface area contributed by atoms with Gasteiger partial charge in [0.2, 0.25) is 0 Å². The first-order valence-electron chi connectivity index (χ1n) is 12.8. The molecule has 0 heterocycles. The Hall–Kier alpha value is -2.87. The average molecular weight is 463 g/mol. The maximum absolute atomic E-state index is 10.4. The lowest BCUT2D eigenvalue weighted by Gasteiger charge is -1.90. The average Bonchev–Trinajstić information content (AvgIpc) is 2.83. The highest BCUT2D eigenvalue weighted by Gasteiger charge is 1.92. The van der Waals surface area contributed by atoms with Gasteiger partial charge in [0.05, 0.1) is 0 Å². The van der Waals surface area contributed by atoms with E-state index < -0.39 is 5.97 Å². The van der Waals surface area contributed by atoms with Crippen LogP contribution in [0.1, 0.15) is 84.0 Å². The summed E-state index contributed by atoms with van der Waals surface area (Å²) < 4.78 is 0. The Morgan fingerprint density at radius 3 is 1.00 bits per heavy atom. The number of rotatable bonds is 21. The van der Waals surface area contributed by atoms with Crippen molar-refractivity contribution in [2.75, 3.05) is 0 Å². The molecule has 0 aliphatic rings. The second-order valence-electron chi connectivity index (χ2n) is 7.82. The van der Waals surface area contributed by atoms with Crippen molar-refractivity contribution in [2.45, 2.75) is 84.0 Å². The largest absolute Gasteiger partial charge is 0.481 e. The summed E-state index contributed by atoms with van der Waals surface area (Å²) in [5.74, 6) is -0.718. The fourth-order valence-electron chi connectivity index (χ4n) is 2.82. The summed E-state index contributed by atoms with van der Waals surface area (Å²) in [6, 6.07) is 0. The Labute approximate surface area is 209 Å². The molecular formula is C32H46O2. The number of carboxylic acid groups (broad SMARTS) is 1. The van der Waals surface area contributed by atoms with Gasteiger partial charge in [0.1, 0.15) is 0 Å². The third kappa shape index (κ3) is 29.1. The Morgan fingerprint density at radius 1 is 0.471 bits per heavy atom. The van der Waals surface area contributed by atoms with Crippen LogP contribution in [0.25, 0.3) is 0 Å². The van der Waals surface area contributed by atoms with Crippen molar-refractivity contribution in [1.29, 1.82) is 0 Å². The Bertz CT molecular complexity index is 724. The molecule has 1 N–H and O–H groups in total. The molecule has 0 bridgehead atoms. The van der Waals surface area contributed by atoms with E-state index in [0.717, 1.165) is 64.2 Å². The lowest BCUT2D eigenvalue weighted by Crippen LogP contribution is -1.92. The van der Waals surface area contributed by atoms with Gasteiger partial charge in [-0.15, -0.1) is 0 Å². The van der Waals surface area contributed by atoms with Gasteiger partial charge in [0.25, 0.3) is 0 Å². The van der Waals surface area contributed by atoms with Gasteiger partial charge in [-0.25, -0.2) is 0 Å². The molecule has 0 unspecified atom stereocenters. The summed E-state index contributed by atoms with van der Waals surface area (Å²) in [4.78, 5) is 10.4. The third-order valence-electron chi connectivity index (χ3n) is 4.67. The van der Waals surface area contributed by atoms with Crippen molar-refractivity contribution >= 4 is 5.97 Å². The van der Waals surface area contributed by atoms with Crippen LogP contribution in [0.5, 0.6) is 0 Å². The van der Waals surface area contributed by atoms with Crippen molar-refractivity contribution < 1.29 is 9.90 Å². The minimum absolute atomic E-state index is 0.252. The minimum Gasteiger partial charge on any atom is -0.481 e. The zero-order valence-electron chi connectivity index (χ0n) is 21.2. The molecular weight excluding hydrogens is 416 g/mol. The van der Waals surface area contributed by atoms with Crippen LogP contribution in [0, 0.1) is 0 Å². The lowest BCUT2D eigenvalue weighted by atomic mass is 10.2. The van der Waals surface area contributed by atoms with E-state index in [4.69, 9.17) is 5.11 Å².